The van der Waals surface area contributed by atoms with Gasteiger partial charge in [-0.3, -0.25) is 4.79 Å². The van der Waals surface area contributed by atoms with Crippen LogP contribution in [0, 0.1) is 13.8 Å². The molecule has 0 saturated heterocycles. The number of thiophene rings is 1. The van der Waals surface area contributed by atoms with Gasteiger partial charge in [-0.2, -0.15) is 5.10 Å². The molecule has 2 N–H and O–H groups in total. The van der Waals surface area contributed by atoms with Crippen LogP contribution in [0.1, 0.15) is 20.9 Å². The van der Waals surface area contributed by atoms with Crippen molar-refractivity contribution in [1.29, 1.82) is 0 Å². The number of carbonyl (C=O) groups excluding carboxylic acids is 1. The van der Waals surface area contributed by atoms with E-state index in [4.69, 9.17) is 5.73 Å². The van der Waals surface area contributed by atoms with Crippen molar-refractivity contribution in [3.63, 3.8) is 0 Å². The highest BCUT2D eigenvalue weighted by Crippen LogP contribution is 2.35. The second kappa shape index (κ2) is 4.97. The van der Waals surface area contributed by atoms with E-state index in [0.717, 1.165) is 16.6 Å². The van der Waals surface area contributed by atoms with E-state index in [-0.39, 0.29) is 5.91 Å². The van der Waals surface area contributed by atoms with Gasteiger partial charge < -0.3 is 10.6 Å². The number of rotatable bonds is 3. The standard InChI is InChI=1S/C13H16N4OS/c1-5-6-17(4)13(18)11-10(14)9-7(2)8(3)15-16-12(9)19-11/h5H,1,6,14H2,2-4H3. The maximum Gasteiger partial charge on any atom is 0.266 e. The summed E-state index contributed by atoms with van der Waals surface area (Å²) in [5, 5.41) is 9.01. The van der Waals surface area contributed by atoms with Crippen molar-refractivity contribution in [2.24, 2.45) is 0 Å². The van der Waals surface area contributed by atoms with Crippen LogP contribution in [0.2, 0.25) is 0 Å². The summed E-state index contributed by atoms with van der Waals surface area (Å²) in [4.78, 5) is 15.1. The second-order valence-electron chi connectivity index (χ2n) is 4.41. The number of fused-ring (bicyclic) bond motifs is 1. The molecule has 1 amide bonds. The third-order valence-corrected chi connectivity index (χ3v) is 4.16. The van der Waals surface area contributed by atoms with Crippen LogP contribution in [0.15, 0.2) is 12.7 Å². The van der Waals surface area contributed by atoms with Gasteiger partial charge in [-0.25, -0.2) is 0 Å². The molecule has 0 fully saturated rings. The molecule has 0 bridgehead atoms. The van der Waals surface area contributed by atoms with E-state index in [9.17, 15) is 4.79 Å². The van der Waals surface area contributed by atoms with E-state index >= 15 is 0 Å². The number of carbonyl (C=O) groups is 1. The molecule has 0 aliphatic rings. The summed E-state index contributed by atoms with van der Waals surface area (Å²) in [6.07, 6.45) is 1.68. The van der Waals surface area contributed by atoms with E-state index in [1.54, 1.807) is 18.0 Å². The minimum atomic E-state index is -0.113. The molecule has 0 unspecified atom stereocenters. The monoisotopic (exact) mass is 276 g/mol. The number of nitrogens with two attached hydrogens (primary N) is 1. The quantitative estimate of drug-likeness (QED) is 0.872. The lowest BCUT2D eigenvalue weighted by atomic mass is 10.1. The van der Waals surface area contributed by atoms with Crippen LogP contribution < -0.4 is 5.73 Å². The normalized spacial score (nSPS) is 10.7. The predicted octanol–water partition coefficient (Wildman–Crippen LogP) is 2.15. The molecule has 19 heavy (non-hydrogen) atoms. The summed E-state index contributed by atoms with van der Waals surface area (Å²) in [5.74, 6) is -0.113. The molecule has 0 atom stereocenters. The van der Waals surface area contributed by atoms with Gasteiger partial charge >= 0.3 is 0 Å². The Bertz CT molecular complexity index is 662. The minimum Gasteiger partial charge on any atom is -0.397 e. The summed E-state index contributed by atoms with van der Waals surface area (Å²) in [7, 11) is 1.72. The van der Waals surface area contributed by atoms with E-state index in [0.29, 0.717) is 21.9 Å². The van der Waals surface area contributed by atoms with Gasteiger partial charge in [0.2, 0.25) is 0 Å². The van der Waals surface area contributed by atoms with E-state index < -0.39 is 0 Å². The highest BCUT2D eigenvalue weighted by molar-refractivity contribution is 7.21. The Morgan fingerprint density at radius 1 is 1.47 bits per heavy atom. The van der Waals surface area contributed by atoms with Crippen molar-refractivity contribution in [3.8, 4) is 0 Å². The van der Waals surface area contributed by atoms with Gasteiger partial charge in [0.25, 0.3) is 5.91 Å². The van der Waals surface area contributed by atoms with Crippen molar-refractivity contribution < 1.29 is 4.79 Å². The molecule has 6 heteroatoms. The summed E-state index contributed by atoms with van der Waals surface area (Å²) < 4.78 is 0. The topological polar surface area (TPSA) is 72.1 Å². The number of amides is 1. The maximum atomic E-state index is 12.3. The van der Waals surface area contributed by atoms with Crippen LogP contribution in [0.25, 0.3) is 10.2 Å². The molecular formula is C13H16N4OS. The van der Waals surface area contributed by atoms with E-state index in [2.05, 4.69) is 16.8 Å². The molecule has 2 aromatic rings. The van der Waals surface area contributed by atoms with Gasteiger partial charge in [-0.05, 0) is 19.4 Å². The molecule has 0 aliphatic carbocycles. The zero-order chi connectivity index (χ0) is 14.2. The Kier molecular flexibility index (Phi) is 3.53. The highest BCUT2D eigenvalue weighted by atomic mass is 32.1. The molecule has 0 aliphatic heterocycles. The number of aryl methyl sites for hydroxylation is 2. The number of nitrogen functional groups attached to an aromatic ring is 1. The molecule has 100 valence electrons. The lowest BCUT2D eigenvalue weighted by molar-refractivity contribution is 0.0816. The second-order valence-corrected chi connectivity index (χ2v) is 5.41. The van der Waals surface area contributed by atoms with Crippen molar-refractivity contribution >= 4 is 33.1 Å². The van der Waals surface area contributed by atoms with E-state index in [1.165, 1.54) is 11.3 Å². The fraction of sp³-hybridized carbons (Fsp3) is 0.308. The Hall–Kier alpha value is -1.95. The van der Waals surface area contributed by atoms with Gasteiger partial charge in [0, 0.05) is 19.0 Å². The van der Waals surface area contributed by atoms with Crippen LogP contribution in [0.5, 0.6) is 0 Å². The molecule has 0 radical (unpaired) electrons. The molecule has 2 rings (SSSR count). The summed E-state index contributed by atoms with van der Waals surface area (Å²) in [6, 6.07) is 0. The molecular weight excluding hydrogens is 260 g/mol. The molecule has 0 spiro atoms. The lowest BCUT2D eigenvalue weighted by Crippen LogP contribution is -2.26. The average Bonchev–Trinajstić information content (AvgIpc) is 2.71. The van der Waals surface area contributed by atoms with Crippen molar-refractivity contribution in [2.75, 3.05) is 19.3 Å². The molecule has 5 nitrogen and oxygen atoms in total. The first-order valence-corrected chi connectivity index (χ1v) is 6.67. The Morgan fingerprint density at radius 3 is 2.79 bits per heavy atom. The van der Waals surface area contributed by atoms with Gasteiger partial charge in [-0.15, -0.1) is 23.0 Å². The van der Waals surface area contributed by atoms with Crippen LogP contribution >= 0.6 is 11.3 Å². The largest absolute Gasteiger partial charge is 0.397 e. The van der Waals surface area contributed by atoms with Crippen molar-refractivity contribution in [1.82, 2.24) is 15.1 Å². The van der Waals surface area contributed by atoms with Gasteiger partial charge in [0.15, 0.2) is 0 Å². The van der Waals surface area contributed by atoms with Gasteiger partial charge in [0.05, 0.1) is 11.4 Å². The van der Waals surface area contributed by atoms with Crippen LogP contribution in [-0.2, 0) is 0 Å². The SMILES string of the molecule is C=CCN(C)C(=O)c1sc2nnc(C)c(C)c2c1N. The molecule has 2 heterocycles. The number of hydrogen-bond acceptors (Lipinski definition) is 5. The maximum absolute atomic E-state index is 12.3. The number of hydrogen-bond donors (Lipinski definition) is 1. The number of nitrogens with zero attached hydrogens (tertiary/aromatic N) is 3. The third-order valence-electron chi connectivity index (χ3n) is 3.08. The smallest absolute Gasteiger partial charge is 0.266 e. The van der Waals surface area contributed by atoms with Crippen LogP contribution in [0.4, 0.5) is 5.69 Å². The predicted molar refractivity (Wildman–Crippen MR) is 78.5 cm³/mol. The van der Waals surface area contributed by atoms with Gasteiger partial charge in [0.1, 0.15) is 9.71 Å². The lowest BCUT2D eigenvalue weighted by Gasteiger charge is -2.13. The molecule has 0 aromatic carbocycles. The Morgan fingerprint density at radius 2 is 2.16 bits per heavy atom. The number of aromatic nitrogens is 2. The number of likely N-dealkylation sites (N-methyl/N-ethyl adjacent to an activating group) is 1. The fourth-order valence-corrected chi connectivity index (χ4v) is 2.94. The Balaban J connectivity index is 2.57. The first-order valence-electron chi connectivity index (χ1n) is 5.85. The van der Waals surface area contributed by atoms with Gasteiger partial charge in [-0.1, -0.05) is 6.08 Å². The zero-order valence-corrected chi connectivity index (χ0v) is 12.0. The summed E-state index contributed by atoms with van der Waals surface area (Å²) in [5.41, 5.74) is 8.41. The van der Waals surface area contributed by atoms with E-state index in [1.807, 2.05) is 13.8 Å². The van der Waals surface area contributed by atoms with Crippen LogP contribution in [-0.4, -0.2) is 34.6 Å². The van der Waals surface area contributed by atoms with Crippen LogP contribution in [0.3, 0.4) is 0 Å². The summed E-state index contributed by atoms with van der Waals surface area (Å²) >= 11 is 1.28. The summed E-state index contributed by atoms with van der Waals surface area (Å²) in [6.45, 7) is 7.93. The van der Waals surface area contributed by atoms with Crippen molar-refractivity contribution in [2.45, 2.75) is 13.8 Å². The fourth-order valence-electron chi connectivity index (χ4n) is 1.85. The minimum absolute atomic E-state index is 0.113. The zero-order valence-electron chi connectivity index (χ0n) is 11.2. The average molecular weight is 276 g/mol. The molecule has 0 saturated carbocycles. The Labute approximate surface area is 115 Å². The third kappa shape index (κ3) is 2.19. The molecule has 2 aromatic heterocycles. The highest BCUT2D eigenvalue weighted by Gasteiger charge is 2.21. The number of anilines is 1. The first-order chi connectivity index (χ1) is 8.97. The first kappa shape index (κ1) is 13.5. The van der Waals surface area contributed by atoms with Crippen molar-refractivity contribution in [3.05, 3.63) is 28.8 Å².